The number of halogens is 3. The molecule has 0 aliphatic heterocycles. The summed E-state index contributed by atoms with van der Waals surface area (Å²) in [5, 5.41) is 1.73. The number of unbranched alkanes of at least 4 members (excludes halogenated alkanes) is 2. The molecule has 1 aromatic rings. The Balaban J connectivity index is 2.33. The van der Waals surface area contributed by atoms with Gasteiger partial charge in [0.2, 0.25) is 0 Å². The molecule has 84 valence electrons. The zero-order chi connectivity index (χ0) is 11.1. The minimum atomic E-state index is 0.665. The molecule has 0 aliphatic carbocycles. The topological polar surface area (TPSA) is 9.23 Å². The molecule has 4 heteroatoms. The first-order valence-corrected chi connectivity index (χ1v) is 7.17. The van der Waals surface area contributed by atoms with E-state index in [1.165, 1.54) is 12.8 Å². The van der Waals surface area contributed by atoms with Crippen molar-refractivity contribution in [3.63, 3.8) is 0 Å². The van der Waals surface area contributed by atoms with Crippen molar-refractivity contribution in [2.24, 2.45) is 0 Å². The summed E-state index contributed by atoms with van der Waals surface area (Å²) in [4.78, 5) is 0. The van der Waals surface area contributed by atoms with Gasteiger partial charge in [-0.15, -0.1) is 0 Å². The fourth-order valence-corrected chi connectivity index (χ4v) is 2.05. The summed E-state index contributed by atoms with van der Waals surface area (Å²) in [5.74, 6) is 0.755. The highest BCUT2D eigenvalue weighted by Crippen LogP contribution is 2.27. The average Bonchev–Trinajstić information content (AvgIpc) is 2.23. The van der Waals surface area contributed by atoms with E-state index in [9.17, 15) is 0 Å². The first-order valence-electron chi connectivity index (χ1n) is 4.88. The van der Waals surface area contributed by atoms with Crippen molar-refractivity contribution in [3.8, 4) is 5.75 Å². The Morgan fingerprint density at radius 2 is 2.00 bits per heavy atom. The molecule has 0 spiro atoms. The number of hydrogen-bond donors (Lipinski definition) is 0. The van der Waals surface area contributed by atoms with E-state index in [4.69, 9.17) is 16.3 Å². The maximum absolute atomic E-state index is 5.98. The quantitative estimate of drug-likeness (QED) is 0.512. The van der Waals surface area contributed by atoms with E-state index in [1.807, 2.05) is 18.2 Å². The Bertz CT molecular complexity index is 305. The Morgan fingerprint density at radius 1 is 1.20 bits per heavy atom. The van der Waals surface area contributed by atoms with E-state index in [0.29, 0.717) is 5.02 Å². The highest BCUT2D eigenvalue weighted by molar-refractivity contribution is 9.10. The number of hydrogen-bond acceptors (Lipinski definition) is 1. The Labute approximate surface area is 112 Å². The van der Waals surface area contributed by atoms with Crippen molar-refractivity contribution in [1.82, 2.24) is 0 Å². The molecule has 0 fully saturated rings. The Morgan fingerprint density at radius 3 is 2.73 bits per heavy atom. The smallest absolute Gasteiger partial charge is 0.139 e. The second kappa shape index (κ2) is 7.53. The largest absolute Gasteiger partial charge is 0.492 e. The lowest BCUT2D eigenvalue weighted by Gasteiger charge is -2.07. The van der Waals surface area contributed by atoms with Gasteiger partial charge in [-0.3, -0.25) is 0 Å². The number of alkyl halides is 1. The van der Waals surface area contributed by atoms with Gasteiger partial charge in [0, 0.05) is 9.80 Å². The van der Waals surface area contributed by atoms with Crippen LogP contribution in [-0.2, 0) is 0 Å². The second-order valence-corrected chi connectivity index (χ2v) is 5.29. The van der Waals surface area contributed by atoms with Gasteiger partial charge in [-0.1, -0.05) is 43.5 Å². The molecule has 0 atom stereocenters. The van der Waals surface area contributed by atoms with Crippen molar-refractivity contribution in [3.05, 3.63) is 27.7 Å². The normalized spacial score (nSPS) is 10.3. The molecule has 1 rings (SSSR count). The molecule has 0 amide bonds. The van der Waals surface area contributed by atoms with E-state index in [0.717, 1.165) is 28.6 Å². The van der Waals surface area contributed by atoms with Gasteiger partial charge < -0.3 is 4.74 Å². The van der Waals surface area contributed by atoms with Crippen LogP contribution in [0.25, 0.3) is 0 Å². The van der Waals surface area contributed by atoms with Crippen LogP contribution in [0.1, 0.15) is 19.3 Å². The highest BCUT2D eigenvalue weighted by Gasteiger charge is 2.01. The van der Waals surface area contributed by atoms with Crippen LogP contribution in [0.2, 0.25) is 5.02 Å². The van der Waals surface area contributed by atoms with Gasteiger partial charge in [-0.2, -0.15) is 0 Å². The lowest BCUT2D eigenvalue weighted by Crippen LogP contribution is -1.97. The van der Waals surface area contributed by atoms with Gasteiger partial charge in [0.25, 0.3) is 0 Å². The van der Waals surface area contributed by atoms with E-state index < -0.39 is 0 Å². The monoisotopic (exact) mass is 354 g/mol. The van der Waals surface area contributed by atoms with Crippen LogP contribution in [0.5, 0.6) is 5.75 Å². The van der Waals surface area contributed by atoms with Crippen molar-refractivity contribution in [1.29, 1.82) is 0 Å². The minimum Gasteiger partial charge on any atom is -0.492 e. The zero-order valence-corrected chi connectivity index (χ0v) is 12.2. The van der Waals surface area contributed by atoms with E-state index in [1.54, 1.807) is 0 Å². The fourth-order valence-electron chi connectivity index (χ4n) is 1.14. The summed E-state index contributed by atoms with van der Waals surface area (Å²) in [6, 6.07) is 5.63. The summed E-state index contributed by atoms with van der Waals surface area (Å²) in [7, 11) is 0. The summed E-state index contributed by atoms with van der Waals surface area (Å²) < 4.78 is 6.58. The van der Waals surface area contributed by atoms with Crippen LogP contribution in [0.15, 0.2) is 22.7 Å². The first kappa shape index (κ1) is 13.3. The first-order chi connectivity index (χ1) is 7.24. The molecule has 1 nitrogen and oxygen atoms in total. The summed E-state index contributed by atoms with van der Waals surface area (Å²) in [6.45, 7) is 0.725. The van der Waals surface area contributed by atoms with E-state index in [2.05, 4.69) is 31.9 Å². The molecule has 0 aromatic heterocycles. The standard InChI is InChI=1S/C11H13Br2ClO/c12-6-2-1-3-7-15-11-8-9(13)4-5-10(11)14/h4-5,8H,1-3,6-7H2. The Kier molecular flexibility index (Phi) is 6.69. The SMILES string of the molecule is Clc1ccc(Br)cc1OCCCCCBr. The van der Waals surface area contributed by atoms with Gasteiger partial charge in [-0.25, -0.2) is 0 Å². The number of benzene rings is 1. The van der Waals surface area contributed by atoms with Gasteiger partial charge in [0.1, 0.15) is 5.75 Å². The predicted octanol–water partition coefficient (Wildman–Crippen LogP) is 5.05. The summed E-state index contributed by atoms with van der Waals surface area (Å²) in [6.07, 6.45) is 3.43. The van der Waals surface area contributed by atoms with Gasteiger partial charge in [0.05, 0.1) is 11.6 Å². The summed E-state index contributed by atoms with van der Waals surface area (Å²) in [5.41, 5.74) is 0. The number of rotatable bonds is 6. The Hall–Kier alpha value is 0.270. The predicted molar refractivity (Wildman–Crippen MR) is 72.3 cm³/mol. The fraction of sp³-hybridized carbons (Fsp3) is 0.455. The van der Waals surface area contributed by atoms with Crippen molar-refractivity contribution in [2.45, 2.75) is 19.3 Å². The van der Waals surface area contributed by atoms with Crippen LogP contribution in [0.4, 0.5) is 0 Å². The molecule has 0 saturated heterocycles. The molecular formula is C11H13Br2ClO. The molecule has 0 bridgehead atoms. The third-order valence-electron chi connectivity index (χ3n) is 1.93. The molecule has 0 unspecified atom stereocenters. The maximum Gasteiger partial charge on any atom is 0.139 e. The van der Waals surface area contributed by atoms with Crippen molar-refractivity contribution in [2.75, 3.05) is 11.9 Å². The summed E-state index contributed by atoms with van der Waals surface area (Å²) >= 11 is 12.8. The van der Waals surface area contributed by atoms with Gasteiger partial charge in [-0.05, 0) is 37.5 Å². The number of ether oxygens (including phenoxy) is 1. The highest BCUT2D eigenvalue weighted by atomic mass is 79.9. The molecule has 0 heterocycles. The van der Waals surface area contributed by atoms with Crippen LogP contribution in [0, 0.1) is 0 Å². The van der Waals surface area contributed by atoms with E-state index >= 15 is 0 Å². The molecule has 0 radical (unpaired) electrons. The zero-order valence-electron chi connectivity index (χ0n) is 8.31. The second-order valence-electron chi connectivity index (χ2n) is 3.17. The van der Waals surface area contributed by atoms with Crippen LogP contribution in [0.3, 0.4) is 0 Å². The molecule has 1 aromatic carbocycles. The van der Waals surface area contributed by atoms with Crippen LogP contribution in [-0.4, -0.2) is 11.9 Å². The van der Waals surface area contributed by atoms with Crippen molar-refractivity contribution < 1.29 is 4.74 Å². The van der Waals surface area contributed by atoms with Gasteiger partial charge in [0.15, 0.2) is 0 Å². The minimum absolute atomic E-state index is 0.665. The van der Waals surface area contributed by atoms with Gasteiger partial charge >= 0.3 is 0 Å². The maximum atomic E-state index is 5.98. The average molecular weight is 356 g/mol. The third kappa shape index (κ3) is 5.23. The van der Waals surface area contributed by atoms with Crippen LogP contribution < -0.4 is 4.74 Å². The van der Waals surface area contributed by atoms with Crippen molar-refractivity contribution >= 4 is 43.5 Å². The molecule has 0 N–H and O–H groups in total. The van der Waals surface area contributed by atoms with Crippen LogP contribution >= 0.6 is 43.5 Å². The molecule has 0 saturated carbocycles. The molecular weight excluding hydrogens is 343 g/mol. The molecule has 0 aliphatic rings. The molecule has 15 heavy (non-hydrogen) atoms. The van der Waals surface area contributed by atoms with E-state index in [-0.39, 0.29) is 0 Å². The lowest BCUT2D eigenvalue weighted by molar-refractivity contribution is 0.306. The lowest BCUT2D eigenvalue weighted by atomic mass is 10.3. The third-order valence-corrected chi connectivity index (χ3v) is 3.30.